The summed E-state index contributed by atoms with van der Waals surface area (Å²) in [7, 11) is 0. The van der Waals surface area contributed by atoms with Crippen molar-refractivity contribution in [3.05, 3.63) is 66.5 Å². The number of aromatic nitrogens is 1. The summed E-state index contributed by atoms with van der Waals surface area (Å²) < 4.78 is 30.2. The highest BCUT2D eigenvalue weighted by Crippen LogP contribution is 2.68. The van der Waals surface area contributed by atoms with Crippen LogP contribution in [0.15, 0.2) is 61.0 Å². The lowest BCUT2D eigenvalue weighted by Gasteiger charge is -2.61. The first-order valence-corrected chi connectivity index (χ1v) is 15.6. The third-order valence-electron chi connectivity index (χ3n) is 10.1. The van der Waals surface area contributed by atoms with E-state index >= 15 is 0 Å². The maximum atomic E-state index is 13.6. The Morgan fingerprint density at radius 2 is 1.84 bits per heavy atom. The van der Waals surface area contributed by atoms with Crippen molar-refractivity contribution in [3.8, 4) is 0 Å². The Bertz CT molecular complexity index is 1360. The van der Waals surface area contributed by atoms with Crippen molar-refractivity contribution in [1.82, 2.24) is 4.98 Å². The van der Waals surface area contributed by atoms with Crippen LogP contribution >= 0.6 is 0 Å². The van der Waals surface area contributed by atoms with Crippen molar-refractivity contribution in [2.75, 3.05) is 0 Å². The first-order valence-electron chi connectivity index (χ1n) is 15.6. The Hall–Kier alpha value is -3.79. The molecule has 10 heteroatoms. The molecule has 2 fully saturated rings. The van der Waals surface area contributed by atoms with Crippen LogP contribution in [0.25, 0.3) is 0 Å². The SMILES string of the molecule is C=CC(=C)CC[C@@]1(C)[C@@H](C)C[C@@H](OC(=O)c2cccnc2)C23C(=C[C@@H](OC(=O)C(C)CC)C[C@@H]21)[C@H](OC(C)=O)O[C@@H]3OC(C)=O. The zero-order valence-electron chi connectivity index (χ0n) is 27.1. The quantitative estimate of drug-likeness (QED) is 0.128. The molecule has 244 valence electrons. The topological polar surface area (TPSA) is 127 Å². The molecule has 0 bridgehead atoms. The minimum absolute atomic E-state index is 0.0199. The fraction of sp³-hybridized carbons (Fsp3) is 0.571. The number of rotatable bonds is 11. The maximum Gasteiger partial charge on any atom is 0.340 e. The molecule has 2 heterocycles. The summed E-state index contributed by atoms with van der Waals surface area (Å²) in [5.74, 6) is -2.94. The highest BCUT2D eigenvalue weighted by Gasteiger charge is 2.72. The van der Waals surface area contributed by atoms with Gasteiger partial charge < -0.3 is 18.9 Å². The molecule has 1 aliphatic heterocycles. The largest absolute Gasteiger partial charge is 0.458 e. The van der Waals surface area contributed by atoms with Gasteiger partial charge in [-0.1, -0.05) is 52.5 Å². The molecule has 1 spiro atoms. The molecule has 1 aromatic heterocycles. The molecule has 0 amide bonds. The Kier molecular flexibility index (Phi) is 10.4. The highest BCUT2D eigenvalue weighted by atomic mass is 16.8. The molecule has 9 atom stereocenters. The smallest absolute Gasteiger partial charge is 0.340 e. The molecular formula is C35H45NO9. The van der Waals surface area contributed by atoms with E-state index in [0.29, 0.717) is 37.7 Å². The van der Waals surface area contributed by atoms with E-state index in [2.05, 4.69) is 32.0 Å². The number of hydrogen-bond acceptors (Lipinski definition) is 10. The second kappa shape index (κ2) is 13.7. The van der Waals surface area contributed by atoms with Crippen LogP contribution in [-0.2, 0) is 38.1 Å². The molecule has 0 radical (unpaired) electrons. The molecule has 1 aromatic rings. The summed E-state index contributed by atoms with van der Waals surface area (Å²) in [4.78, 5) is 55.7. The van der Waals surface area contributed by atoms with Crippen LogP contribution in [0.1, 0.15) is 84.0 Å². The first-order chi connectivity index (χ1) is 21.3. The highest BCUT2D eigenvalue weighted by molar-refractivity contribution is 5.89. The van der Waals surface area contributed by atoms with Gasteiger partial charge in [-0.25, -0.2) is 4.79 Å². The van der Waals surface area contributed by atoms with E-state index in [9.17, 15) is 19.2 Å². The molecule has 4 rings (SSSR count). The van der Waals surface area contributed by atoms with E-state index in [4.69, 9.17) is 23.7 Å². The number of ether oxygens (including phenoxy) is 5. The fourth-order valence-corrected chi connectivity index (χ4v) is 7.24. The standard InChI is InChI=1S/C35H45NO9/c1-9-20(3)13-14-34(8)22(5)16-29(44-31(40)25-12-11-15-36-19-25)35-27(32(41-23(6)37)45-33(35)42-24(7)38)17-26(18-28(34)35)43-30(39)21(4)10-2/h9,11-12,15,17,19,21-22,26,28-29,32-33H,1,3,10,13-14,16,18H2,2,4-8H3/t21?,22-,26+,28+,29+,32+,33-,34-,35?/m0/s1. The molecule has 10 nitrogen and oxygen atoms in total. The van der Waals surface area contributed by atoms with E-state index < -0.39 is 59.4 Å². The summed E-state index contributed by atoms with van der Waals surface area (Å²) in [5.41, 5.74) is -0.177. The van der Waals surface area contributed by atoms with Crippen LogP contribution < -0.4 is 0 Å². The summed E-state index contributed by atoms with van der Waals surface area (Å²) in [6.07, 6.45) is 5.00. The van der Waals surface area contributed by atoms with E-state index in [1.807, 2.05) is 6.92 Å². The van der Waals surface area contributed by atoms with Crippen molar-refractivity contribution in [2.24, 2.45) is 28.6 Å². The number of carbonyl (C=O) groups is 4. The van der Waals surface area contributed by atoms with Gasteiger partial charge in [-0.15, -0.1) is 0 Å². The van der Waals surface area contributed by atoms with Gasteiger partial charge in [-0.05, 0) is 67.6 Å². The number of allylic oxidation sites excluding steroid dienone is 2. The Morgan fingerprint density at radius 1 is 1.13 bits per heavy atom. The minimum Gasteiger partial charge on any atom is -0.458 e. The lowest BCUT2D eigenvalue weighted by Crippen LogP contribution is -2.64. The van der Waals surface area contributed by atoms with Crippen LogP contribution in [0.5, 0.6) is 0 Å². The Balaban J connectivity index is 1.94. The van der Waals surface area contributed by atoms with Crippen molar-refractivity contribution in [3.63, 3.8) is 0 Å². The molecule has 45 heavy (non-hydrogen) atoms. The van der Waals surface area contributed by atoms with Crippen LogP contribution in [0, 0.1) is 28.6 Å². The van der Waals surface area contributed by atoms with Gasteiger partial charge in [-0.2, -0.15) is 0 Å². The Morgan fingerprint density at radius 3 is 2.44 bits per heavy atom. The number of nitrogens with zero attached hydrogens (tertiary/aromatic N) is 1. The average molecular weight is 624 g/mol. The minimum atomic E-state index is -1.26. The summed E-state index contributed by atoms with van der Waals surface area (Å²) in [5, 5.41) is 0. The lowest BCUT2D eigenvalue weighted by molar-refractivity contribution is -0.254. The van der Waals surface area contributed by atoms with E-state index in [1.54, 1.807) is 37.4 Å². The number of hydrogen-bond donors (Lipinski definition) is 0. The van der Waals surface area contributed by atoms with Gasteiger partial charge in [0.15, 0.2) is 0 Å². The molecule has 1 saturated carbocycles. The van der Waals surface area contributed by atoms with Gasteiger partial charge in [0.1, 0.15) is 17.6 Å². The van der Waals surface area contributed by atoms with Crippen molar-refractivity contribution < 1.29 is 42.9 Å². The van der Waals surface area contributed by atoms with Crippen LogP contribution in [0.4, 0.5) is 0 Å². The normalized spacial score (nSPS) is 32.5. The van der Waals surface area contributed by atoms with Crippen molar-refractivity contribution >= 4 is 23.9 Å². The molecular weight excluding hydrogens is 578 g/mol. The third-order valence-corrected chi connectivity index (χ3v) is 10.1. The van der Waals surface area contributed by atoms with E-state index in [0.717, 1.165) is 5.57 Å². The van der Waals surface area contributed by atoms with Gasteiger partial charge >= 0.3 is 23.9 Å². The van der Waals surface area contributed by atoms with E-state index in [-0.39, 0.29) is 23.4 Å². The van der Waals surface area contributed by atoms with E-state index in [1.165, 1.54) is 20.0 Å². The maximum absolute atomic E-state index is 13.6. The number of pyridine rings is 1. The molecule has 3 aliphatic rings. The fourth-order valence-electron chi connectivity index (χ4n) is 7.24. The molecule has 2 aliphatic carbocycles. The van der Waals surface area contributed by atoms with Crippen molar-refractivity contribution in [1.29, 1.82) is 0 Å². The average Bonchev–Trinajstić information content (AvgIpc) is 3.29. The zero-order valence-corrected chi connectivity index (χ0v) is 27.1. The molecule has 0 aromatic carbocycles. The Labute approximate surface area is 265 Å². The van der Waals surface area contributed by atoms with Gasteiger partial charge in [0.2, 0.25) is 12.6 Å². The number of esters is 4. The van der Waals surface area contributed by atoms with Crippen LogP contribution in [-0.4, -0.2) is 53.6 Å². The second-order valence-corrected chi connectivity index (χ2v) is 12.8. The monoisotopic (exact) mass is 623 g/mol. The lowest BCUT2D eigenvalue weighted by atomic mass is 9.45. The predicted octanol–water partition coefficient (Wildman–Crippen LogP) is 5.87. The van der Waals surface area contributed by atoms with Gasteiger partial charge in [0.25, 0.3) is 0 Å². The van der Waals surface area contributed by atoms with Gasteiger partial charge in [0, 0.05) is 31.8 Å². The predicted molar refractivity (Wildman–Crippen MR) is 164 cm³/mol. The third kappa shape index (κ3) is 6.61. The summed E-state index contributed by atoms with van der Waals surface area (Å²) in [6, 6.07) is 3.25. The second-order valence-electron chi connectivity index (χ2n) is 12.8. The van der Waals surface area contributed by atoms with Crippen LogP contribution in [0.2, 0.25) is 0 Å². The van der Waals surface area contributed by atoms with Gasteiger partial charge in [0.05, 0.1) is 11.5 Å². The molecule has 1 saturated heterocycles. The molecule has 0 N–H and O–H groups in total. The first kappa shape index (κ1) is 34.1. The van der Waals surface area contributed by atoms with Crippen LogP contribution in [0.3, 0.4) is 0 Å². The summed E-state index contributed by atoms with van der Waals surface area (Å²) >= 11 is 0. The molecule has 2 unspecified atom stereocenters. The van der Waals surface area contributed by atoms with Crippen molar-refractivity contribution in [2.45, 2.75) is 98.4 Å². The number of carbonyl (C=O) groups excluding carboxylic acids is 4. The van der Waals surface area contributed by atoms with Gasteiger partial charge in [-0.3, -0.25) is 24.1 Å². The zero-order chi connectivity index (χ0) is 33.1. The summed E-state index contributed by atoms with van der Waals surface area (Å²) in [6.45, 7) is 18.5.